The highest BCUT2D eigenvalue weighted by atomic mass is 32.2. The van der Waals surface area contributed by atoms with Crippen LogP contribution in [0.5, 0.6) is 5.75 Å². The van der Waals surface area contributed by atoms with Crippen molar-refractivity contribution in [2.75, 3.05) is 45.3 Å². The Labute approximate surface area is 165 Å². The molecule has 28 heavy (non-hydrogen) atoms. The van der Waals surface area contributed by atoms with Crippen molar-refractivity contribution in [3.63, 3.8) is 0 Å². The average Bonchev–Trinajstić information content (AvgIpc) is 2.73. The van der Waals surface area contributed by atoms with Crippen LogP contribution in [0.4, 0.5) is 5.69 Å². The molecule has 0 N–H and O–H groups in total. The zero-order chi connectivity index (χ0) is 20.1. The van der Waals surface area contributed by atoms with Gasteiger partial charge in [0.25, 0.3) is 0 Å². The highest BCUT2D eigenvalue weighted by Gasteiger charge is 2.27. The van der Waals surface area contributed by atoms with Crippen LogP contribution in [0.2, 0.25) is 0 Å². The molecule has 0 aliphatic carbocycles. The van der Waals surface area contributed by atoms with E-state index in [4.69, 9.17) is 4.74 Å². The number of carbonyl (C=O) groups is 1. The Morgan fingerprint density at radius 2 is 1.54 bits per heavy atom. The molecular formula is C20H24N2O5S. The van der Waals surface area contributed by atoms with Crippen molar-refractivity contribution in [3.05, 3.63) is 59.7 Å². The summed E-state index contributed by atoms with van der Waals surface area (Å²) in [7, 11) is -0.482. The molecule has 7 nitrogen and oxygen atoms in total. The number of carbonyl (C=O) groups excluding carboxylic acids is 1. The summed E-state index contributed by atoms with van der Waals surface area (Å²) < 4.78 is 36.9. The highest BCUT2D eigenvalue weighted by Crippen LogP contribution is 2.22. The molecule has 2 aromatic carbocycles. The van der Waals surface area contributed by atoms with E-state index in [1.165, 1.54) is 11.4 Å². The Hall–Kier alpha value is -2.58. The molecule has 0 radical (unpaired) electrons. The van der Waals surface area contributed by atoms with Crippen LogP contribution in [-0.2, 0) is 20.5 Å². The molecule has 0 spiro atoms. The zero-order valence-electron chi connectivity index (χ0n) is 16.0. The van der Waals surface area contributed by atoms with Gasteiger partial charge in [-0.25, -0.2) is 13.2 Å². The summed E-state index contributed by atoms with van der Waals surface area (Å²) in [6.45, 7) is 2.14. The Bertz CT molecular complexity index is 903. The smallest absolute Gasteiger partial charge is 0.337 e. The van der Waals surface area contributed by atoms with Crippen LogP contribution in [0.3, 0.4) is 0 Å². The van der Waals surface area contributed by atoms with Gasteiger partial charge in [0.2, 0.25) is 10.0 Å². The highest BCUT2D eigenvalue weighted by molar-refractivity contribution is 7.88. The molecule has 150 valence electrons. The molecule has 1 aliphatic rings. The van der Waals surface area contributed by atoms with Gasteiger partial charge in [-0.05, 0) is 42.0 Å². The maximum absolute atomic E-state index is 12.8. The standard InChI is InChI=1S/C20H24N2O5S/c1-26-19-9-7-18(8-10-19)21-11-13-22(14-12-21)28(24,25)15-16-3-5-17(6-4-16)20(23)27-2/h3-10H,11-15H2,1-2H3. The number of anilines is 1. The fourth-order valence-corrected chi connectivity index (χ4v) is 4.69. The quantitative estimate of drug-likeness (QED) is 0.687. The van der Waals surface area contributed by atoms with E-state index >= 15 is 0 Å². The summed E-state index contributed by atoms with van der Waals surface area (Å²) in [5.41, 5.74) is 2.10. The van der Waals surface area contributed by atoms with Crippen molar-refractivity contribution in [3.8, 4) is 5.75 Å². The minimum atomic E-state index is -3.42. The van der Waals surface area contributed by atoms with Gasteiger partial charge in [-0.15, -0.1) is 0 Å². The molecule has 2 aromatic rings. The molecule has 1 heterocycles. The van der Waals surface area contributed by atoms with E-state index in [-0.39, 0.29) is 5.75 Å². The van der Waals surface area contributed by atoms with E-state index in [0.717, 1.165) is 11.4 Å². The third-order valence-corrected chi connectivity index (χ3v) is 6.64. The van der Waals surface area contributed by atoms with Crippen LogP contribution >= 0.6 is 0 Å². The molecular weight excluding hydrogens is 380 g/mol. The number of nitrogens with zero attached hydrogens (tertiary/aromatic N) is 2. The van der Waals surface area contributed by atoms with Crippen molar-refractivity contribution < 1.29 is 22.7 Å². The number of hydrogen-bond acceptors (Lipinski definition) is 6. The van der Waals surface area contributed by atoms with Gasteiger partial charge in [0, 0.05) is 31.9 Å². The molecule has 1 saturated heterocycles. The van der Waals surface area contributed by atoms with E-state index < -0.39 is 16.0 Å². The summed E-state index contributed by atoms with van der Waals surface area (Å²) in [6.07, 6.45) is 0. The fraction of sp³-hybridized carbons (Fsp3) is 0.350. The molecule has 0 aromatic heterocycles. The number of piperazine rings is 1. The summed E-state index contributed by atoms with van der Waals surface area (Å²) in [4.78, 5) is 13.6. The van der Waals surface area contributed by atoms with Crippen molar-refractivity contribution in [2.24, 2.45) is 0 Å². The average molecular weight is 404 g/mol. The van der Waals surface area contributed by atoms with Crippen LogP contribution < -0.4 is 9.64 Å². The normalized spacial score (nSPS) is 15.3. The minimum absolute atomic E-state index is 0.0863. The first kappa shape index (κ1) is 20.2. The van der Waals surface area contributed by atoms with Gasteiger partial charge in [0.1, 0.15) is 5.75 Å². The van der Waals surface area contributed by atoms with Crippen LogP contribution in [0.1, 0.15) is 15.9 Å². The number of sulfonamides is 1. The monoisotopic (exact) mass is 404 g/mol. The van der Waals surface area contributed by atoms with Crippen LogP contribution in [0.15, 0.2) is 48.5 Å². The second-order valence-electron chi connectivity index (χ2n) is 6.53. The largest absolute Gasteiger partial charge is 0.497 e. The van der Waals surface area contributed by atoms with Crippen molar-refractivity contribution in [1.82, 2.24) is 4.31 Å². The van der Waals surface area contributed by atoms with E-state index in [2.05, 4.69) is 9.64 Å². The summed E-state index contributed by atoms with van der Waals surface area (Å²) >= 11 is 0. The number of benzene rings is 2. The summed E-state index contributed by atoms with van der Waals surface area (Å²) in [5.74, 6) is 0.268. The van der Waals surface area contributed by atoms with Crippen LogP contribution in [-0.4, -0.2) is 59.1 Å². The zero-order valence-corrected chi connectivity index (χ0v) is 16.8. The molecule has 3 rings (SSSR count). The Morgan fingerprint density at radius 1 is 0.929 bits per heavy atom. The predicted molar refractivity (Wildman–Crippen MR) is 107 cm³/mol. The first-order valence-electron chi connectivity index (χ1n) is 8.97. The maximum Gasteiger partial charge on any atom is 0.337 e. The van der Waals surface area contributed by atoms with Gasteiger partial charge >= 0.3 is 5.97 Å². The van der Waals surface area contributed by atoms with E-state index in [1.54, 1.807) is 31.4 Å². The molecule has 0 atom stereocenters. The SMILES string of the molecule is COC(=O)c1ccc(CS(=O)(=O)N2CCN(c3ccc(OC)cc3)CC2)cc1. The number of esters is 1. The number of rotatable bonds is 6. The van der Waals surface area contributed by atoms with Gasteiger partial charge in [-0.1, -0.05) is 12.1 Å². The Balaban J connectivity index is 1.60. The summed E-state index contributed by atoms with van der Waals surface area (Å²) in [6, 6.07) is 14.2. The molecule has 0 saturated carbocycles. The molecule has 1 fully saturated rings. The van der Waals surface area contributed by atoms with E-state index in [9.17, 15) is 13.2 Å². The van der Waals surface area contributed by atoms with Crippen molar-refractivity contribution in [1.29, 1.82) is 0 Å². The lowest BCUT2D eigenvalue weighted by Gasteiger charge is -2.35. The van der Waals surface area contributed by atoms with Gasteiger partial charge < -0.3 is 14.4 Å². The van der Waals surface area contributed by atoms with Gasteiger partial charge in [-0.3, -0.25) is 0 Å². The molecule has 0 amide bonds. The van der Waals surface area contributed by atoms with Crippen molar-refractivity contribution >= 4 is 21.7 Å². The lowest BCUT2D eigenvalue weighted by Crippen LogP contribution is -2.49. The third kappa shape index (κ3) is 4.63. The fourth-order valence-electron chi connectivity index (χ4n) is 3.17. The predicted octanol–water partition coefficient (Wildman–Crippen LogP) is 2.13. The van der Waals surface area contributed by atoms with Crippen LogP contribution in [0, 0.1) is 0 Å². The first-order chi connectivity index (χ1) is 13.4. The maximum atomic E-state index is 12.8. The molecule has 0 bridgehead atoms. The lowest BCUT2D eigenvalue weighted by atomic mass is 10.1. The summed E-state index contributed by atoms with van der Waals surface area (Å²) in [5, 5.41) is 0. The number of ether oxygens (including phenoxy) is 2. The Morgan fingerprint density at radius 3 is 2.07 bits per heavy atom. The van der Waals surface area contributed by atoms with Gasteiger partial charge in [0.15, 0.2) is 0 Å². The Kier molecular flexibility index (Phi) is 6.21. The minimum Gasteiger partial charge on any atom is -0.497 e. The van der Waals surface area contributed by atoms with Crippen molar-refractivity contribution in [2.45, 2.75) is 5.75 Å². The topological polar surface area (TPSA) is 76.2 Å². The van der Waals surface area contributed by atoms with E-state index in [1.807, 2.05) is 24.3 Å². The van der Waals surface area contributed by atoms with Gasteiger partial charge in [0.05, 0.1) is 25.5 Å². The number of methoxy groups -OCH3 is 2. The second kappa shape index (κ2) is 8.62. The van der Waals surface area contributed by atoms with E-state index in [0.29, 0.717) is 37.3 Å². The first-order valence-corrected chi connectivity index (χ1v) is 10.6. The molecule has 8 heteroatoms. The molecule has 0 unspecified atom stereocenters. The van der Waals surface area contributed by atoms with Gasteiger partial charge in [-0.2, -0.15) is 4.31 Å². The van der Waals surface area contributed by atoms with Crippen LogP contribution in [0.25, 0.3) is 0 Å². The lowest BCUT2D eigenvalue weighted by molar-refractivity contribution is 0.0600. The number of hydrogen-bond donors (Lipinski definition) is 0. The molecule has 1 aliphatic heterocycles. The third-order valence-electron chi connectivity index (χ3n) is 4.79. The second-order valence-corrected chi connectivity index (χ2v) is 8.50.